The Morgan fingerprint density at radius 1 is 1.29 bits per heavy atom. The van der Waals surface area contributed by atoms with E-state index < -0.39 is 0 Å². The van der Waals surface area contributed by atoms with Gasteiger partial charge in [-0.1, -0.05) is 0 Å². The number of nitrogens with one attached hydrogen (secondary N) is 1. The van der Waals surface area contributed by atoms with Crippen molar-refractivity contribution in [2.45, 2.75) is 18.9 Å². The molecule has 28 heavy (non-hydrogen) atoms. The number of carbonyl (C=O) groups is 1. The largest absolute Gasteiger partial charge is 0.357 e. The molecule has 0 unspecified atom stereocenters. The molecular weight excluding hydrogens is 378 g/mol. The Bertz CT molecular complexity index is 1150. The lowest BCUT2D eigenvalue weighted by Crippen LogP contribution is -2.39. The van der Waals surface area contributed by atoms with E-state index in [-0.39, 0.29) is 17.5 Å². The Kier molecular flexibility index (Phi) is 3.83. The Morgan fingerprint density at radius 3 is 2.96 bits per heavy atom. The quantitative estimate of drug-likeness (QED) is 0.699. The molecule has 0 aliphatic carbocycles. The second-order valence-electron chi connectivity index (χ2n) is 7.05. The number of nitrogens with zero attached hydrogens (tertiary/aromatic N) is 6. The third-order valence-electron chi connectivity index (χ3n) is 5.41. The number of aryl methyl sites for hydroxylation is 1. The standard InChI is InChI=1S/C18H19N7O2S/c1-19-18-20-6-11-14(22-18)24-5-3-4-10(24)7-25(16(11)27)17-13-12(8-28-17)15(26)23(2)9-21-13/h6,8-10H,3-5,7H2,1-2H3,(H,19,20,22)/t10-/m0/s1. The summed E-state index contributed by atoms with van der Waals surface area (Å²) in [4.78, 5) is 43.1. The monoisotopic (exact) mass is 397 g/mol. The molecule has 1 N–H and O–H groups in total. The van der Waals surface area contributed by atoms with Gasteiger partial charge >= 0.3 is 0 Å². The summed E-state index contributed by atoms with van der Waals surface area (Å²) in [5, 5.41) is 5.97. The first-order valence-electron chi connectivity index (χ1n) is 9.14. The topological polar surface area (TPSA) is 96.2 Å². The molecule has 5 rings (SSSR count). The summed E-state index contributed by atoms with van der Waals surface area (Å²) in [6.45, 7) is 1.40. The van der Waals surface area contributed by atoms with Gasteiger partial charge in [-0.05, 0) is 12.8 Å². The minimum absolute atomic E-state index is 0.111. The minimum Gasteiger partial charge on any atom is -0.357 e. The molecule has 1 amide bonds. The van der Waals surface area contributed by atoms with Gasteiger partial charge in [0.05, 0.1) is 11.7 Å². The summed E-state index contributed by atoms with van der Waals surface area (Å²) in [5.41, 5.74) is 0.940. The zero-order valence-corrected chi connectivity index (χ0v) is 16.4. The van der Waals surface area contributed by atoms with E-state index in [1.807, 2.05) is 0 Å². The second-order valence-corrected chi connectivity index (χ2v) is 7.91. The first kappa shape index (κ1) is 17.1. The van der Waals surface area contributed by atoms with E-state index in [1.165, 1.54) is 22.2 Å². The molecule has 2 aliphatic heterocycles. The Morgan fingerprint density at radius 2 is 2.14 bits per heavy atom. The van der Waals surface area contributed by atoms with Crippen LogP contribution in [-0.4, -0.2) is 51.6 Å². The summed E-state index contributed by atoms with van der Waals surface area (Å²) >= 11 is 1.38. The zero-order valence-electron chi connectivity index (χ0n) is 15.5. The van der Waals surface area contributed by atoms with Crippen molar-refractivity contribution in [1.82, 2.24) is 19.5 Å². The molecule has 2 aliphatic rings. The molecule has 3 aromatic rings. The number of amides is 1. The van der Waals surface area contributed by atoms with Crippen molar-refractivity contribution in [1.29, 1.82) is 0 Å². The summed E-state index contributed by atoms with van der Waals surface area (Å²) in [7, 11) is 3.44. The molecule has 10 heteroatoms. The molecule has 5 heterocycles. The van der Waals surface area contributed by atoms with E-state index in [0.29, 0.717) is 39.8 Å². The zero-order chi connectivity index (χ0) is 19.4. The van der Waals surface area contributed by atoms with Gasteiger partial charge in [0.15, 0.2) is 0 Å². The van der Waals surface area contributed by atoms with Gasteiger partial charge in [-0.15, -0.1) is 11.3 Å². The van der Waals surface area contributed by atoms with Crippen LogP contribution in [0, 0.1) is 0 Å². The third kappa shape index (κ3) is 2.40. The maximum absolute atomic E-state index is 13.5. The first-order valence-corrected chi connectivity index (χ1v) is 10.0. The van der Waals surface area contributed by atoms with Crippen molar-refractivity contribution in [2.24, 2.45) is 7.05 Å². The number of carbonyl (C=O) groups excluding carboxylic acids is 1. The molecule has 0 radical (unpaired) electrons. The molecule has 1 atom stereocenters. The highest BCUT2D eigenvalue weighted by Gasteiger charge is 2.38. The molecule has 1 fully saturated rings. The molecule has 9 nitrogen and oxygen atoms in total. The lowest BCUT2D eigenvalue weighted by atomic mass is 10.2. The molecule has 1 saturated heterocycles. The summed E-state index contributed by atoms with van der Waals surface area (Å²) in [6, 6.07) is 0.175. The van der Waals surface area contributed by atoms with Crippen LogP contribution in [-0.2, 0) is 7.05 Å². The number of anilines is 3. The van der Waals surface area contributed by atoms with Gasteiger partial charge in [-0.2, -0.15) is 4.98 Å². The molecule has 3 aromatic heterocycles. The highest BCUT2D eigenvalue weighted by atomic mass is 32.1. The molecule has 144 valence electrons. The average molecular weight is 397 g/mol. The van der Waals surface area contributed by atoms with Crippen LogP contribution in [0.2, 0.25) is 0 Å². The van der Waals surface area contributed by atoms with Crippen molar-refractivity contribution >= 4 is 44.9 Å². The van der Waals surface area contributed by atoms with Gasteiger partial charge in [0.2, 0.25) is 5.95 Å². The number of rotatable bonds is 2. The number of hydrogen-bond donors (Lipinski definition) is 1. The SMILES string of the molecule is CNc1ncc2c(n1)N1CCC[C@H]1CN(c1scc3c(=O)n(C)cnc13)C2=O. The summed E-state index contributed by atoms with van der Waals surface area (Å²) in [6.07, 6.45) is 5.13. The van der Waals surface area contributed by atoms with Gasteiger partial charge in [-0.3, -0.25) is 14.5 Å². The van der Waals surface area contributed by atoms with Crippen molar-refractivity contribution in [3.8, 4) is 0 Å². The van der Waals surface area contributed by atoms with Gasteiger partial charge in [-0.25, -0.2) is 9.97 Å². The Hall–Kier alpha value is -3.01. The second kappa shape index (κ2) is 6.26. The highest BCUT2D eigenvalue weighted by Crippen LogP contribution is 2.38. The van der Waals surface area contributed by atoms with E-state index >= 15 is 0 Å². The fraction of sp³-hybridized carbons (Fsp3) is 0.389. The minimum atomic E-state index is -0.154. The normalized spacial score (nSPS) is 18.9. The maximum Gasteiger partial charge on any atom is 0.264 e. The van der Waals surface area contributed by atoms with Crippen LogP contribution in [0.3, 0.4) is 0 Å². The number of aromatic nitrogens is 4. The van der Waals surface area contributed by atoms with Crippen LogP contribution in [0.1, 0.15) is 23.2 Å². The Labute approximate surface area is 164 Å². The number of thiophene rings is 1. The smallest absolute Gasteiger partial charge is 0.264 e. The predicted molar refractivity (Wildman–Crippen MR) is 108 cm³/mol. The summed E-state index contributed by atoms with van der Waals surface area (Å²) in [5.74, 6) is 1.02. The molecule has 0 aromatic carbocycles. The molecule has 0 spiro atoms. The van der Waals surface area contributed by atoms with Gasteiger partial charge < -0.3 is 14.8 Å². The lowest BCUT2D eigenvalue weighted by Gasteiger charge is -2.26. The molecule has 0 bridgehead atoms. The predicted octanol–water partition coefficient (Wildman–Crippen LogP) is 1.46. The fourth-order valence-electron chi connectivity index (χ4n) is 3.98. The van der Waals surface area contributed by atoms with Crippen molar-refractivity contribution in [3.63, 3.8) is 0 Å². The van der Waals surface area contributed by atoms with Crippen LogP contribution in [0.15, 0.2) is 22.7 Å². The van der Waals surface area contributed by atoms with E-state index in [2.05, 4.69) is 25.2 Å². The average Bonchev–Trinajstić information content (AvgIpc) is 3.33. The number of hydrogen-bond acceptors (Lipinski definition) is 8. The van der Waals surface area contributed by atoms with Crippen LogP contribution in [0.5, 0.6) is 0 Å². The van der Waals surface area contributed by atoms with Crippen molar-refractivity contribution < 1.29 is 4.79 Å². The maximum atomic E-state index is 13.5. The first-order chi connectivity index (χ1) is 13.6. The van der Waals surface area contributed by atoms with Crippen LogP contribution < -0.4 is 20.7 Å². The van der Waals surface area contributed by atoms with E-state index in [9.17, 15) is 9.59 Å². The van der Waals surface area contributed by atoms with Gasteiger partial charge in [0.1, 0.15) is 21.9 Å². The number of fused-ring (bicyclic) bond motifs is 4. The van der Waals surface area contributed by atoms with Crippen LogP contribution in [0.4, 0.5) is 16.8 Å². The van der Waals surface area contributed by atoms with Gasteiger partial charge in [0, 0.05) is 44.8 Å². The van der Waals surface area contributed by atoms with E-state index in [4.69, 9.17) is 0 Å². The van der Waals surface area contributed by atoms with Crippen molar-refractivity contribution in [2.75, 3.05) is 35.3 Å². The lowest BCUT2D eigenvalue weighted by molar-refractivity contribution is 0.0989. The summed E-state index contributed by atoms with van der Waals surface area (Å²) < 4.78 is 1.45. The molecular formula is C18H19N7O2S. The fourth-order valence-corrected chi connectivity index (χ4v) is 4.98. The van der Waals surface area contributed by atoms with E-state index in [0.717, 1.165) is 19.4 Å². The van der Waals surface area contributed by atoms with Crippen molar-refractivity contribution in [3.05, 3.63) is 33.8 Å². The third-order valence-corrected chi connectivity index (χ3v) is 6.40. The van der Waals surface area contributed by atoms with Crippen LogP contribution >= 0.6 is 11.3 Å². The van der Waals surface area contributed by atoms with Crippen LogP contribution in [0.25, 0.3) is 10.9 Å². The van der Waals surface area contributed by atoms with E-state index in [1.54, 1.807) is 30.6 Å². The highest BCUT2D eigenvalue weighted by molar-refractivity contribution is 7.16. The molecule has 0 saturated carbocycles. The van der Waals surface area contributed by atoms with Gasteiger partial charge in [0.25, 0.3) is 11.5 Å². The Balaban J connectivity index is 1.68.